The molecule has 0 amide bonds. The number of ether oxygens (including phenoxy) is 2. The smallest absolute Gasteiger partial charge is 0.118 e. The van der Waals surface area contributed by atoms with Crippen molar-refractivity contribution in [3.05, 3.63) is 65.7 Å². The van der Waals surface area contributed by atoms with Gasteiger partial charge in [0, 0.05) is 6.61 Å². The van der Waals surface area contributed by atoms with E-state index in [1.165, 1.54) is 5.56 Å². The van der Waals surface area contributed by atoms with E-state index in [-0.39, 0.29) is 6.10 Å². The lowest BCUT2D eigenvalue weighted by Crippen LogP contribution is -2.07. The minimum absolute atomic E-state index is 0.00736. The predicted molar refractivity (Wildman–Crippen MR) is 77.5 cm³/mol. The molecule has 0 radical (unpaired) electrons. The molecule has 1 unspecified atom stereocenters. The molecule has 0 spiro atoms. The molecule has 0 aromatic heterocycles. The molecular weight excluding hydrogens is 236 g/mol. The van der Waals surface area contributed by atoms with Crippen molar-refractivity contribution in [3.63, 3.8) is 0 Å². The van der Waals surface area contributed by atoms with Crippen LogP contribution < -0.4 is 4.74 Å². The number of benzene rings is 2. The van der Waals surface area contributed by atoms with Crippen molar-refractivity contribution in [2.24, 2.45) is 0 Å². The number of methoxy groups -OCH3 is 1. The molecule has 2 aromatic carbocycles. The molecule has 0 fully saturated rings. The number of hydrogen-bond donors (Lipinski definition) is 0. The molecule has 0 bridgehead atoms. The van der Waals surface area contributed by atoms with Crippen LogP contribution in [0.15, 0.2) is 54.6 Å². The van der Waals surface area contributed by atoms with Gasteiger partial charge < -0.3 is 9.47 Å². The van der Waals surface area contributed by atoms with Crippen LogP contribution in [0.2, 0.25) is 0 Å². The monoisotopic (exact) mass is 256 g/mol. The molecule has 0 aliphatic heterocycles. The second-order valence-corrected chi connectivity index (χ2v) is 4.43. The zero-order valence-corrected chi connectivity index (χ0v) is 11.5. The Hall–Kier alpha value is -1.80. The first-order chi connectivity index (χ1) is 9.35. The molecule has 19 heavy (non-hydrogen) atoms. The van der Waals surface area contributed by atoms with E-state index in [1.54, 1.807) is 7.11 Å². The average Bonchev–Trinajstić information content (AvgIpc) is 2.49. The van der Waals surface area contributed by atoms with Crippen LogP contribution in [0.1, 0.15) is 30.6 Å². The highest BCUT2D eigenvalue weighted by Gasteiger charge is 2.14. The largest absolute Gasteiger partial charge is 0.497 e. The summed E-state index contributed by atoms with van der Waals surface area (Å²) in [6.07, 6.45) is 1.01. The normalized spacial score (nSPS) is 12.1. The SMILES string of the molecule is CCCOC(c1ccccc1)c1ccc(OC)cc1. The molecule has 2 heteroatoms. The Morgan fingerprint density at radius 1 is 0.895 bits per heavy atom. The van der Waals surface area contributed by atoms with Crippen molar-refractivity contribution >= 4 is 0 Å². The van der Waals surface area contributed by atoms with Crippen molar-refractivity contribution in [2.45, 2.75) is 19.4 Å². The van der Waals surface area contributed by atoms with Gasteiger partial charge in [0.15, 0.2) is 0 Å². The zero-order valence-electron chi connectivity index (χ0n) is 11.5. The standard InChI is InChI=1S/C17H20O2/c1-3-13-19-17(14-7-5-4-6-8-14)15-9-11-16(18-2)12-10-15/h4-12,17H,3,13H2,1-2H3. The lowest BCUT2D eigenvalue weighted by atomic mass is 10.0. The van der Waals surface area contributed by atoms with Crippen molar-refractivity contribution in [3.8, 4) is 5.75 Å². The van der Waals surface area contributed by atoms with Gasteiger partial charge in [0.25, 0.3) is 0 Å². The van der Waals surface area contributed by atoms with Gasteiger partial charge in [-0.15, -0.1) is 0 Å². The fourth-order valence-electron chi connectivity index (χ4n) is 2.03. The molecule has 2 nitrogen and oxygen atoms in total. The van der Waals surface area contributed by atoms with E-state index in [2.05, 4.69) is 31.2 Å². The molecule has 1 atom stereocenters. The molecule has 0 N–H and O–H groups in total. The van der Waals surface area contributed by atoms with Gasteiger partial charge in [0.05, 0.1) is 7.11 Å². The van der Waals surface area contributed by atoms with E-state index in [4.69, 9.17) is 9.47 Å². The van der Waals surface area contributed by atoms with Gasteiger partial charge in [0.1, 0.15) is 11.9 Å². The zero-order chi connectivity index (χ0) is 13.5. The highest BCUT2D eigenvalue weighted by atomic mass is 16.5. The molecule has 2 rings (SSSR count). The van der Waals surface area contributed by atoms with Crippen molar-refractivity contribution < 1.29 is 9.47 Å². The Labute approximate surface area is 115 Å². The summed E-state index contributed by atoms with van der Waals surface area (Å²) in [6, 6.07) is 18.4. The minimum atomic E-state index is -0.00736. The van der Waals surface area contributed by atoms with Gasteiger partial charge in [-0.1, -0.05) is 49.4 Å². The van der Waals surface area contributed by atoms with Gasteiger partial charge in [-0.25, -0.2) is 0 Å². The lowest BCUT2D eigenvalue weighted by Gasteiger charge is -2.19. The molecular formula is C17H20O2. The Morgan fingerprint density at radius 3 is 2.11 bits per heavy atom. The fraction of sp³-hybridized carbons (Fsp3) is 0.294. The van der Waals surface area contributed by atoms with E-state index in [9.17, 15) is 0 Å². The Bertz CT molecular complexity index is 476. The van der Waals surface area contributed by atoms with Crippen LogP contribution in [0.25, 0.3) is 0 Å². The van der Waals surface area contributed by atoms with Crippen LogP contribution in [-0.2, 0) is 4.74 Å². The molecule has 0 aliphatic carbocycles. The van der Waals surface area contributed by atoms with Crippen molar-refractivity contribution in [2.75, 3.05) is 13.7 Å². The van der Waals surface area contributed by atoms with Crippen molar-refractivity contribution in [1.29, 1.82) is 0 Å². The summed E-state index contributed by atoms with van der Waals surface area (Å²) in [5.74, 6) is 0.867. The maximum Gasteiger partial charge on any atom is 0.118 e. The Morgan fingerprint density at radius 2 is 1.53 bits per heavy atom. The molecule has 0 heterocycles. The van der Waals surface area contributed by atoms with Gasteiger partial charge in [0.2, 0.25) is 0 Å². The van der Waals surface area contributed by atoms with Crippen molar-refractivity contribution in [1.82, 2.24) is 0 Å². The summed E-state index contributed by atoms with van der Waals surface area (Å²) in [4.78, 5) is 0. The maximum atomic E-state index is 6.00. The van der Waals surface area contributed by atoms with E-state index in [1.807, 2.05) is 30.3 Å². The predicted octanol–water partition coefficient (Wildman–Crippen LogP) is 4.21. The third-order valence-electron chi connectivity index (χ3n) is 3.01. The quantitative estimate of drug-likeness (QED) is 0.770. The number of hydrogen-bond acceptors (Lipinski definition) is 2. The lowest BCUT2D eigenvalue weighted by molar-refractivity contribution is 0.0806. The summed E-state index contributed by atoms with van der Waals surface area (Å²) >= 11 is 0. The molecule has 0 saturated carbocycles. The molecule has 0 saturated heterocycles. The summed E-state index contributed by atoms with van der Waals surface area (Å²) in [5, 5.41) is 0. The molecule has 2 aromatic rings. The summed E-state index contributed by atoms with van der Waals surface area (Å²) in [7, 11) is 1.68. The molecule has 0 aliphatic rings. The van der Waals surface area contributed by atoms with Gasteiger partial charge in [-0.2, -0.15) is 0 Å². The minimum Gasteiger partial charge on any atom is -0.497 e. The van der Waals surface area contributed by atoms with Crippen LogP contribution in [0, 0.1) is 0 Å². The first kappa shape index (κ1) is 13.6. The van der Waals surface area contributed by atoms with Gasteiger partial charge in [-0.3, -0.25) is 0 Å². The van der Waals surface area contributed by atoms with E-state index < -0.39 is 0 Å². The van der Waals surface area contributed by atoms with Gasteiger partial charge >= 0.3 is 0 Å². The van der Waals surface area contributed by atoms with E-state index in [0.29, 0.717) is 0 Å². The number of rotatable bonds is 6. The van der Waals surface area contributed by atoms with E-state index >= 15 is 0 Å². The second kappa shape index (κ2) is 6.95. The van der Waals surface area contributed by atoms with Crippen LogP contribution in [0.5, 0.6) is 5.75 Å². The second-order valence-electron chi connectivity index (χ2n) is 4.43. The first-order valence-electron chi connectivity index (χ1n) is 6.65. The summed E-state index contributed by atoms with van der Waals surface area (Å²) in [5.41, 5.74) is 2.33. The van der Waals surface area contributed by atoms with Gasteiger partial charge in [-0.05, 0) is 29.7 Å². The van der Waals surface area contributed by atoms with E-state index in [0.717, 1.165) is 24.3 Å². The average molecular weight is 256 g/mol. The van der Waals surface area contributed by atoms with Crippen LogP contribution in [-0.4, -0.2) is 13.7 Å². The third kappa shape index (κ3) is 3.58. The first-order valence-corrected chi connectivity index (χ1v) is 6.65. The maximum absolute atomic E-state index is 6.00. The highest BCUT2D eigenvalue weighted by Crippen LogP contribution is 2.27. The van der Waals surface area contributed by atoms with Crippen LogP contribution in [0.3, 0.4) is 0 Å². The highest BCUT2D eigenvalue weighted by molar-refractivity contribution is 5.34. The topological polar surface area (TPSA) is 18.5 Å². The third-order valence-corrected chi connectivity index (χ3v) is 3.01. The van der Waals surface area contributed by atoms with Crippen LogP contribution >= 0.6 is 0 Å². The summed E-state index contributed by atoms with van der Waals surface area (Å²) in [6.45, 7) is 2.88. The van der Waals surface area contributed by atoms with Crippen LogP contribution in [0.4, 0.5) is 0 Å². The Kier molecular flexibility index (Phi) is 4.99. The fourth-order valence-corrected chi connectivity index (χ4v) is 2.03. The summed E-state index contributed by atoms with van der Waals surface area (Å²) < 4.78 is 11.2. The Balaban J connectivity index is 2.26. The molecule has 100 valence electrons.